The Labute approximate surface area is 114 Å². The van der Waals surface area contributed by atoms with Gasteiger partial charge < -0.3 is 9.64 Å². The second kappa shape index (κ2) is 5.30. The highest BCUT2D eigenvalue weighted by Gasteiger charge is 2.28. The summed E-state index contributed by atoms with van der Waals surface area (Å²) >= 11 is 2.14. The van der Waals surface area contributed by atoms with Crippen molar-refractivity contribution in [2.75, 3.05) is 13.2 Å². The maximum Gasteiger partial charge on any atom is 0.255 e. The molecule has 0 saturated carbocycles. The first-order valence-electron chi connectivity index (χ1n) is 5.61. The van der Waals surface area contributed by atoms with Gasteiger partial charge in [0.15, 0.2) is 0 Å². The van der Waals surface area contributed by atoms with Gasteiger partial charge in [-0.2, -0.15) is 0 Å². The van der Waals surface area contributed by atoms with Crippen molar-refractivity contribution in [3.63, 3.8) is 0 Å². The topological polar surface area (TPSA) is 42.4 Å². The standard InChI is InChI=1S/C12H15IN2O2/c1-8-7-17-9(2)6-15(8)12(16)10-3-4-14-5-11(10)13/h3-5,8-9H,6-7H2,1-2H3/t8-,9+/m1/s1. The van der Waals surface area contributed by atoms with Crippen LogP contribution in [0, 0.1) is 3.57 Å². The molecule has 0 radical (unpaired) electrons. The molecule has 0 N–H and O–H groups in total. The summed E-state index contributed by atoms with van der Waals surface area (Å²) < 4.78 is 6.42. The first-order chi connectivity index (χ1) is 8.09. The van der Waals surface area contributed by atoms with Gasteiger partial charge in [0, 0.05) is 22.5 Å². The third-order valence-corrected chi connectivity index (χ3v) is 3.73. The number of rotatable bonds is 1. The molecule has 0 bridgehead atoms. The fraction of sp³-hybridized carbons (Fsp3) is 0.500. The Morgan fingerprint density at radius 2 is 2.35 bits per heavy atom. The van der Waals surface area contributed by atoms with Crippen molar-refractivity contribution >= 4 is 28.5 Å². The van der Waals surface area contributed by atoms with E-state index in [0.717, 1.165) is 9.13 Å². The third kappa shape index (κ3) is 2.77. The van der Waals surface area contributed by atoms with Crippen molar-refractivity contribution in [2.24, 2.45) is 0 Å². The summed E-state index contributed by atoms with van der Waals surface area (Å²) in [6.07, 6.45) is 3.47. The Hall–Kier alpha value is -0.690. The summed E-state index contributed by atoms with van der Waals surface area (Å²) in [7, 11) is 0. The third-order valence-electron chi connectivity index (χ3n) is 2.87. The summed E-state index contributed by atoms with van der Waals surface area (Å²) in [4.78, 5) is 18.3. The van der Waals surface area contributed by atoms with Crippen molar-refractivity contribution < 1.29 is 9.53 Å². The van der Waals surface area contributed by atoms with E-state index >= 15 is 0 Å². The zero-order chi connectivity index (χ0) is 12.4. The number of amides is 1. The summed E-state index contributed by atoms with van der Waals surface area (Å²) in [5.41, 5.74) is 0.724. The number of carbonyl (C=O) groups excluding carboxylic acids is 1. The van der Waals surface area contributed by atoms with E-state index in [1.807, 2.05) is 18.7 Å². The van der Waals surface area contributed by atoms with Gasteiger partial charge in [-0.3, -0.25) is 9.78 Å². The number of hydrogen-bond donors (Lipinski definition) is 0. The lowest BCUT2D eigenvalue weighted by Gasteiger charge is -2.37. The molecule has 2 rings (SSSR count). The van der Waals surface area contributed by atoms with Crippen molar-refractivity contribution in [1.82, 2.24) is 9.88 Å². The second-order valence-corrected chi connectivity index (χ2v) is 5.47. The van der Waals surface area contributed by atoms with Crippen LogP contribution in [0.15, 0.2) is 18.5 Å². The van der Waals surface area contributed by atoms with E-state index in [1.165, 1.54) is 0 Å². The van der Waals surface area contributed by atoms with E-state index in [4.69, 9.17) is 4.74 Å². The number of nitrogens with zero attached hydrogens (tertiary/aromatic N) is 2. The van der Waals surface area contributed by atoms with Crippen LogP contribution in [0.5, 0.6) is 0 Å². The summed E-state index contributed by atoms with van der Waals surface area (Å²) in [5, 5.41) is 0. The van der Waals surface area contributed by atoms with Crippen LogP contribution in [0.25, 0.3) is 0 Å². The highest BCUT2D eigenvalue weighted by molar-refractivity contribution is 14.1. The number of morpholine rings is 1. The molecule has 5 heteroatoms. The molecular weight excluding hydrogens is 331 g/mol. The van der Waals surface area contributed by atoms with Gasteiger partial charge >= 0.3 is 0 Å². The van der Waals surface area contributed by atoms with Crippen LogP contribution < -0.4 is 0 Å². The fourth-order valence-electron chi connectivity index (χ4n) is 1.89. The van der Waals surface area contributed by atoms with E-state index in [9.17, 15) is 4.79 Å². The lowest BCUT2D eigenvalue weighted by molar-refractivity contribution is -0.0387. The first kappa shape index (κ1) is 12.8. The predicted molar refractivity (Wildman–Crippen MR) is 72.9 cm³/mol. The van der Waals surface area contributed by atoms with Crippen LogP contribution >= 0.6 is 22.6 Å². The Morgan fingerprint density at radius 3 is 3.06 bits per heavy atom. The number of aromatic nitrogens is 1. The van der Waals surface area contributed by atoms with Gasteiger partial charge in [-0.25, -0.2) is 0 Å². The minimum Gasteiger partial charge on any atom is -0.375 e. The largest absolute Gasteiger partial charge is 0.375 e. The Balaban J connectivity index is 2.22. The smallest absolute Gasteiger partial charge is 0.255 e. The maximum absolute atomic E-state index is 12.4. The summed E-state index contributed by atoms with van der Waals surface area (Å²) in [5.74, 6) is 0.0689. The SMILES string of the molecule is C[C@@H]1CO[C@@H](C)CN1C(=O)c1ccncc1I. The highest BCUT2D eigenvalue weighted by atomic mass is 127. The Bertz CT molecular complexity index is 425. The van der Waals surface area contributed by atoms with Crippen molar-refractivity contribution in [1.29, 1.82) is 0 Å². The van der Waals surface area contributed by atoms with Crippen LogP contribution in [0.4, 0.5) is 0 Å². The Morgan fingerprint density at radius 1 is 1.59 bits per heavy atom. The number of halogens is 1. The van der Waals surface area contributed by atoms with Crippen LogP contribution in [-0.2, 0) is 4.74 Å². The van der Waals surface area contributed by atoms with E-state index in [0.29, 0.717) is 13.2 Å². The zero-order valence-corrected chi connectivity index (χ0v) is 12.0. The average Bonchev–Trinajstić information content (AvgIpc) is 2.32. The molecule has 0 aliphatic carbocycles. The fourth-order valence-corrected chi connectivity index (χ4v) is 2.46. The molecule has 1 aliphatic heterocycles. The summed E-state index contributed by atoms with van der Waals surface area (Å²) in [6, 6.07) is 1.90. The number of hydrogen-bond acceptors (Lipinski definition) is 3. The number of pyridine rings is 1. The molecule has 1 aromatic heterocycles. The lowest BCUT2D eigenvalue weighted by atomic mass is 10.1. The van der Waals surface area contributed by atoms with Gasteiger partial charge in [0.2, 0.25) is 0 Å². The number of carbonyl (C=O) groups is 1. The van der Waals surface area contributed by atoms with Gasteiger partial charge in [-0.1, -0.05) is 0 Å². The predicted octanol–water partition coefficient (Wildman–Crippen LogP) is 1.94. The molecule has 1 fully saturated rings. The molecular formula is C12H15IN2O2. The molecule has 2 heterocycles. The normalized spacial score (nSPS) is 24.8. The molecule has 1 aromatic rings. The minimum atomic E-state index is 0.0689. The minimum absolute atomic E-state index is 0.0689. The Kier molecular flexibility index (Phi) is 3.98. The monoisotopic (exact) mass is 346 g/mol. The van der Waals surface area contributed by atoms with Gasteiger partial charge in [0.1, 0.15) is 0 Å². The maximum atomic E-state index is 12.4. The molecule has 0 unspecified atom stereocenters. The first-order valence-corrected chi connectivity index (χ1v) is 6.69. The molecule has 92 valence electrons. The second-order valence-electron chi connectivity index (χ2n) is 4.31. The van der Waals surface area contributed by atoms with Crippen LogP contribution in [-0.4, -0.2) is 41.1 Å². The zero-order valence-electron chi connectivity index (χ0n) is 9.89. The highest BCUT2D eigenvalue weighted by Crippen LogP contribution is 2.18. The van der Waals surface area contributed by atoms with Crippen LogP contribution in [0.1, 0.15) is 24.2 Å². The van der Waals surface area contributed by atoms with Gasteiger partial charge in [-0.15, -0.1) is 0 Å². The molecule has 1 amide bonds. The van der Waals surface area contributed by atoms with Crippen molar-refractivity contribution in [2.45, 2.75) is 26.0 Å². The lowest BCUT2D eigenvalue weighted by Crippen LogP contribution is -2.50. The van der Waals surface area contributed by atoms with Gasteiger partial charge in [0.05, 0.1) is 24.3 Å². The van der Waals surface area contributed by atoms with Crippen molar-refractivity contribution in [3.05, 3.63) is 27.6 Å². The van der Waals surface area contributed by atoms with Gasteiger partial charge in [-0.05, 0) is 42.5 Å². The van der Waals surface area contributed by atoms with Crippen LogP contribution in [0.2, 0.25) is 0 Å². The van der Waals surface area contributed by atoms with Crippen molar-refractivity contribution in [3.8, 4) is 0 Å². The quantitative estimate of drug-likeness (QED) is 0.730. The molecule has 4 nitrogen and oxygen atoms in total. The van der Waals surface area contributed by atoms with Gasteiger partial charge in [0.25, 0.3) is 5.91 Å². The molecule has 1 aliphatic rings. The van der Waals surface area contributed by atoms with Crippen LogP contribution in [0.3, 0.4) is 0 Å². The molecule has 1 saturated heterocycles. The molecule has 2 atom stereocenters. The molecule has 0 spiro atoms. The van der Waals surface area contributed by atoms with E-state index in [2.05, 4.69) is 27.6 Å². The van der Waals surface area contributed by atoms with E-state index in [1.54, 1.807) is 18.5 Å². The summed E-state index contributed by atoms with van der Waals surface area (Å²) in [6.45, 7) is 5.26. The molecule has 17 heavy (non-hydrogen) atoms. The average molecular weight is 346 g/mol. The number of ether oxygens (including phenoxy) is 1. The van der Waals surface area contributed by atoms with E-state index < -0.39 is 0 Å². The molecule has 0 aromatic carbocycles. The van der Waals surface area contributed by atoms with E-state index in [-0.39, 0.29) is 18.1 Å².